The Kier molecular flexibility index (Phi) is 7.17. The van der Waals surface area contributed by atoms with E-state index in [1.54, 1.807) is 0 Å². The Labute approximate surface area is 239 Å². The molecule has 13 heteroatoms. The molecule has 1 unspecified atom stereocenters. The molecule has 0 spiro atoms. The van der Waals surface area contributed by atoms with Gasteiger partial charge in [0, 0.05) is 50.2 Å². The van der Waals surface area contributed by atoms with Gasteiger partial charge in [0.1, 0.15) is 5.82 Å². The monoisotopic (exact) mass is 598 g/mol. The van der Waals surface area contributed by atoms with Crippen molar-refractivity contribution in [1.29, 1.82) is 0 Å². The van der Waals surface area contributed by atoms with Gasteiger partial charge >= 0.3 is 6.18 Å². The number of fused-ring (bicyclic) bond motifs is 1. The largest absolute Gasteiger partial charge is 0.416 e. The number of imidazole rings is 1. The van der Waals surface area contributed by atoms with Crippen LogP contribution in [0.4, 0.5) is 27.8 Å². The fourth-order valence-corrected chi connectivity index (χ4v) is 6.58. The first-order valence-corrected chi connectivity index (χ1v) is 14.3. The van der Waals surface area contributed by atoms with E-state index < -0.39 is 29.6 Å². The van der Waals surface area contributed by atoms with E-state index in [4.69, 9.17) is 21.3 Å². The van der Waals surface area contributed by atoms with E-state index in [1.807, 2.05) is 30.2 Å². The molecule has 2 aliphatic heterocycles. The van der Waals surface area contributed by atoms with Crippen LogP contribution in [0.3, 0.4) is 0 Å². The fraction of sp³-hybridized carbons (Fsp3) is 0.607. The lowest BCUT2D eigenvalue weighted by Crippen LogP contribution is -2.58. The molecule has 3 aliphatic rings. The summed E-state index contributed by atoms with van der Waals surface area (Å²) in [5.41, 5.74) is 0.900. The van der Waals surface area contributed by atoms with Crippen molar-refractivity contribution in [3.8, 4) is 0 Å². The summed E-state index contributed by atoms with van der Waals surface area (Å²) < 4.78 is 76.3. The highest BCUT2D eigenvalue weighted by molar-refractivity contribution is 6.28. The van der Waals surface area contributed by atoms with Gasteiger partial charge in [-0.25, -0.2) is 13.8 Å². The lowest BCUT2D eigenvalue weighted by atomic mass is 9.95. The number of alkyl halides is 5. The minimum Gasteiger partial charge on any atom is -0.376 e. The molecular formula is C28H32ClF5N6O. The normalized spacial score (nSPS) is 27.5. The average molecular weight is 599 g/mol. The number of aromatic nitrogens is 4. The van der Waals surface area contributed by atoms with E-state index in [9.17, 15) is 22.0 Å². The van der Waals surface area contributed by atoms with Crippen LogP contribution in [0.15, 0.2) is 24.3 Å². The molecule has 41 heavy (non-hydrogen) atoms. The highest BCUT2D eigenvalue weighted by Gasteiger charge is 2.62. The summed E-state index contributed by atoms with van der Waals surface area (Å²) in [4.78, 5) is 17.9. The highest BCUT2D eigenvalue weighted by atomic mass is 35.5. The third kappa shape index (κ3) is 5.38. The summed E-state index contributed by atoms with van der Waals surface area (Å²) in [7, 11) is 0. The number of hydrogen-bond donors (Lipinski definition) is 0. The van der Waals surface area contributed by atoms with Gasteiger partial charge in [-0.15, -0.1) is 0 Å². The van der Waals surface area contributed by atoms with E-state index in [-0.39, 0.29) is 29.9 Å². The summed E-state index contributed by atoms with van der Waals surface area (Å²) in [6.07, 6.45) is -2.74. The Bertz CT molecular complexity index is 1420. The molecule has 1 aliphatic carbocycles. The zero-order valence-corrected chi connectivity index (χ0v) is 23.8. The first kappa shape index (κ1) is 28.5. The molecule has 222 valence electrons. The molecule has 0 amide bonds. The second-order valence-electron chi connectivity index (χ2n) is 11.6. The molecule has 0 radical (unpaired) electrons. The van der Waals surface area contributed by atoms with Crippen molar-refractivity contribution in [2.45, 2.75) is 82.9 Å². The Hall–Kier alpha value is -2.57. The van der Waals surface area contributed by atoms with Crippen LogP contribution < -0.4 is 4.90 Å². The molecule has 1 aromatic carbocycles. The Balaban J connectivity index is 1.30. The van der Waals surface area contributed by atoms with Crippen LogP contribution in [0, 0.1) is 12.8 Å². The molecule has 1 saturated carbocycles. The third-order valence-electron chi connectivity index (χ3n) is 8.65. The van der Waals surface area contributed by atoms with Crippen LogP contribution in [0.25, 0.3) is 11.2 Å². The van der Waals surface area contributed by atoms with Gasteiger partial charge in [0.25, 0.3) is 5.92 Å². The van der Waals surface area contributed by atoms with Gasteiger partial charge < -0.3 is 14.2 Å². The zero-order chi connectivity index (χ0) is 29.3. The number of anilines is 1. The van der Waals surface area contributed by atoms with Crippen molar-refractivity contribution in [1.82, 2.24) is 24.4 Å². The van der Waals surface area contributed by atoms with Gasteiger partial charge in [0.2, 0.25) is 5.28 Å². The summed E-state index contributed by atoms with van der Waals surface area (Å²) in [6, 6.07) is 3.52. The van der Waals surface area contributed by atoms with Crippen LogP contribution in [-0.4, -0.2) is 68.2 Å². The lowest BCUT2D eigenvalue weighted by molar-refractivity contribution is -0.137. The van der Waals surface area contributed by atoms with Crippen molar-refractivity contribution < 1.29 is 26.7 Å². The van der Waals surface area contributed by atoms with Crippen LogP contribution in [0.1, 0.15) is 56.1 Å². The molecule has 2 aromatic heterocycles. The summed E-state index contributed by atoms with van der Waals surface area (Å²) in [6.45, 7) is 8.01. The standard InChI is InChI=1S/C28H32ClF5N6O/c1-15-13-39(24-22-25(37-26(29)36-24)40(17(3)35-22)14-20-5-4-10-41-20)16(2)12-38(15)23(21-11-27(21,30)31)18-6-8-19(9-7-18)28(32,33)34/h6-9,15-16,20-21,23H,4-5,10-14H2,1-3H3/t15-,16+,20+,21-,23?/m1/s1. The lowest BCUT2D eigenvalue weighted by Gasteiger charge is -2.48. The van der Waals surface area contributed by atoms with Crippen LogP contribution >= 0.6 is 11.6 Å². The number of ether oxygens (including phenoxy) is 1. The first-order chi connectivity index (χ1) is 19.3. The highest BCUT2D eigenvalue weighted by Crippen LogP contribution is 2.57. The molecule has 6 rings (SSSR count). The zero-order valence-electron chi connectivity index (χ0n) is 23.0. The number of rotatable bonds is 6. The van der Waals surface area contributed by atoms with Crippen molar-refractivity contribution in [2.24, 2.45) is 5.92 Å². The maximum absolute atomic E-state index is 14.5. The second-order valence-corrected chi connectivity index (χ2v) is 11.9. The number of aryl methyl sites for hydroxylation is 1. The van der Waals surface area contributed by atoms with Gasteiger partial charge in [0.05, 0.1) is 18.2 Å². The second kappa shape index (κ2) is 10.3. The van der Waals surface area contributed by atoms with E-state index in [0.717, 1.165) is 37.4 Å². The minimum atomic E-state index is -4.50. The van der Waals surface area contributed by atoms with Crippen molar-refractivity contribution in [2.75, 3.05) is 24.6 Å². The number of benzene rings is 1. The molecular weight excluding hydrogens is 567 g/mol. The maximum atomic E-state index is 14.5. The number of piperazine rings is 1. The van der Waals surface area contributed by atoms with E-state index in [1.165, 1.54) is 12.1 Å². The smallest absolute Gasteiger partial charge is 0.376 e. The van der Waals surface area contributed by atoms with Crippen LogP contribution in [0.2, 0.25) is 5.28 Å². The van der Waals surface area contributed by atoms with Gasteiger partial charge in [-0.05, 0) is 62.9 Å². The molecule has 2 saturated heterocycles. The summed E-state index contributed by atoms with van der Waals surface area (Å²) in [5, 5.41) is 0.0866. The molecule has 7 nitrogen and oxygen atoms in total. The predicted molar refractivity (Wildman–Crippen MR) is 144 cm³/mol. The number of halogens is 6. The summed E-state index contributed by atoms with van der Waals surface area (Å²) >= 11 is 6.42. The van der Waals surface area contributed by atoms with Crippen molar-refractivity contribution in [3.05, 3.63) is 46.5 Å². The average Bonchev–Trinajstić information content (AvgIpc) is 3.21. The maximum Gasteiger partial charge on any atom is 0.416 e. The molecule has 4 heterocycles. The van der Waals surface area contributed by atoms with Crippen molar-refractivity contribution in [3.63, 3.8) is 0 Å². The Morgan fingerprint density at radius 1 is 1.07 bits per heavy atom. The van der Waals surface area contributed by atoms with E-state index >= 15 is 0 Å². The quantitative estimate of drug-likeness (QED) is 0.246. The topological polar surface area (TPSA) is 59.3 Å². The molecule has 5 atom stereocenters. The third-order valence-corrected chi connectivity index (χ3v) is 8.82. The number of nitrogens with zero attached hydrogens (tertiary/aromatic N) is 6. The van der Waals surface area contributed by atoms with Gasteiger partial charge in [-0.2, -0.15) is 23.1 Å². The van der Waals surface area contributed by atoms with Gasteiger partial charge in [0.15, 0.2) is 17.0 Å². The Morgan fingerprint density at radius 3 is 2.39 bits per heavy atom. The predicted octanol–water partition coefficient (Wildman–Crippen LogP) is 6.28. The number of hydrogen-bond acceptors (Lipinski definition) is 6. The van der Waals surface area contributed by atoms with E-state index in [0.29, 0.717) is 42.2 Å². The first-order valence-electron chi connectivity index (χ1n) is 13.9. The van der Waals surface area contributed by atoms with Crippen molar-refractivity contribution >= 4 is 28.6 Å². The Morgan fingerprint density at radius 2 is 1.78 bits per heavy atom. The molecule has 0 N–H and O–H groups in total. The van der Waals surface area contributed by atoms with Gasteiger partial charge in [-0.3, -0.25) is 4.90 Å². The fourth-order valence-electron chi connectivity index (χ4n) is 6.42. The van der Waals surface area contributed by atoms with E-state index in [2.05, 4.69) is 14.9 Å². The molecule has 3 aromatic rings. The van der Waals surface area contributed by atoms with Crippen LogP contribution in [-0.2, 0) is 17.5 Å². The minimum absolute atomic E-state index is 0.0773. The molecule has 0 bridgehead atoms. The van der Waals surface area contributed by atoms with Gasteiger partial charge in [-0.1, -0.05) is 12.1 Å². The summed E-state index contributed by atoms with van der Waals surface area (Å²) in [5.74, 6) is -2.47. The SMILES string of the molecule is Cc1nc2c(N3C[C@@H](C)N(C(c4ccc(C(F)(F)F)cc4)[C@H]4CC4(F)F)C[C@@H]3C)nc(Cl)nc2n1C[C@@H]1CCCO1. The van der Waals surface area contributed by atoms with Crippen LogP contribution in [0.5, 0.6) is 0 Å². The molecule has 3 fully saturated rings.